The Kier molecular flexibility index (Phi) is 2.64. The van der Waals surface area contributed by atoms with Crippen LogP contribution in [-0.2, 0) is 4.74 Å². The lowest BCUT2D eigenvalue weighted by atomic mass is 10.4. The molecule has 3 heterocycles. The zero-order valence-corrected chi connectivity index (χ0v) is 10.7. The van der Waals surface area contributed by atoms with E-state index in [0.29, 0.717) is 5.82 Å². The Morgan fingerprint density at radius 3 is 2.88 bits per heavy atom. The zero-order chi connectivity index (χ0) is 11.8. The van der Waals surface area contributed by atoms with Crippen LogP contribution in [0, 0.1) is 0 Å². The highest BCUT2D eigenvalue weighted by Gasteiger charge is 2.18. The number of morpholine rings is 1. The molecule has 3 rings (SSSR count). The summed E-state index contributed by atoms with van der Waals surface area (Å²) in [6, 6.07) is 0. The first-order chi connectivity index (χ1) is 8.25. The molecule has 17 heavy (non-hydrogen) atoms. The molecule has 2 N–H and O–H groups in total. The van der Waals surface area contributed by atoms with Crippen molar-refractivity contribution in [1.29, 1.82) is 0 Å². The number of halogens is 1. The maximum atomic E-state index is 5.73. The fourth-order valence-corrected chi connectivity index (χ4v) is 2.32. The van der Waals surface area contributed by atoms with Gasteiger partial charge in [-0.05, 0) is 15.9 Å². The lowest BCUT2D eigenvalue weighted by molar-refractivity contribution is 0.122. The van der Waals surface area contributed by atoms with Gasteiger partial charge in [0.15, 0.2) is 11.5 Å². The first-order valence-corrected chi connectivity index (χ1v) is 6.17. The molecule has 0 saturated carbocycles. The number of imidazole rings is 1. The Morgan fingerprint density at radius 2 is 2.12 bits per heavy atom. The number of nitrogens with two attached hydrogens (primary N) is 1. The van der Waals surface area contributed by atoms with Crippen molar-refractivity contribution in [2.45, 2.75) is 0 Å². The number of ether oxygens (including phenoxy) is 1. The molecule has 0 unspecified atom stereocenters. The van der Waals surface area contributed by atoms with Gasteiger partial charge in [-0.15, -0.1) is 0 Å². The maximum absolute atomic E-state index is 5.73. The summed E-state index contributed by atoms with van der Waals surface area (Å²) in [6.45, 7) is 3.11. The summed E-state index contributed by atoms with van der Waals surface area (Å²) < 4.78 is 8.07. The van der Waals surface area contributed by atoms with Gasteiger partial charge in [0.1, 0.15) is 10.4 Å². The van der Waals surface area contributed by atoms with Gasteiger partial charge in [0.2, 0.25) is 0 Å². The van der Waals surface area contributed by atoms with Crippen molar-refractivity contribution in [2.24, 2.45) is 0 Å². The van der Waals surface area contributed by atoms with Crippen molar-refractivity contribution in [3.8, 4) is 0 Å². The quantitative estimate of drug-likeness (QED) is 0.847. The van der Waals surface area contributed by atoms with Crippen LogP contribution >= 0.6 is 15.9 Å². The molecule has 6 nitrogen and oxygen atoms in total. The molecule has 1 aliphatic heterocycles. The van der Waals surface area contributed by atoms with E-state index in [2.05, 4.69) is 30.8 Å². The minimum atomic E-state index is 0.494. The highest BCUT2D eigenvalue weighted by Crippen LogP contribution is 2.23. The van der Waals surface area contributed by atoms with Crippen LogP contribution in [0.2, 0.25) is 0 Å². The van der Waals surface area contributed by atoms with Crippen LogP contribution in [0.5, 0.6) is 0 Å². The number of aromatic nitrogens is 3. The highest BCUT2D eigenvalue weighted by molar-refractivity contribution is 9.10. The summed E-state index contributed by atoms with van der Waals surface area (Å²) in [6.07, 6.45) is 3.55. The van der Waals surface area contributed by atoms with Gasteiger partial charge in [0.25, 0.3) is 0 Å². The van der Waals surface area contributed by atoms with Crippen molar-refractivity contribution in [1.82, 2.24) is 14.4 Å². The lowest BCUT2D eigenvalue weighted by Crippen LogP contribution is -2.37. The second-order valence-electron chi connectivity index (χ2n) is 3.86. The van der Waals surface area contributed by atoms with Gasteiger partial charge in [-0.25, -0.2) is 9.97 Å². The third-order valence-electron chi connectivity index (χ3n) is 2.76. The van der Waals surface area contributed by atoms with E-state index in [-0.39, 0.29) is 0 Å². The highest BCUT2D eigenvalue weighted by atomic mass is 79.9. The molecule has 90 valence electrons. The largest absolute Gasteiger partial charge is 0.382 e. The van der Waals surface area contributed by atoms with Gasteiger partial charge in [-0.3, -0.25) is 4.40 Å². The Morgan fingerprint density at radius 1 is 1.35 bits per heavy atom. The first kappa shape index (κ1) is 10.8. The number of nitrogen functional groups attached to an aromatic ring is 1. The van der Waals surface area contributed by atoms with Crippen molar-refractivity contribution >= 4 is 33.2 Å². The molecule has 1 fully saturated rings. The molecular formula is C10H12BrN5O. The predicted molar refractivity (Wildman–Crippen MR) is 68.1 cm³/mol. The Bertz CT molecular complexity index is 549. The second-order valence-corrected chi connectivity index (χ2v) is 4.68. The summed E-state index contributed by atoms with van der Waals surface area (Å²) in [4.78, 5) is 10.9. The van der Waals surface area contributed by atoms with E-state index < -0.39 is 0 Å². The van der Waals surface area contributed by atoms with Crippen molar-refractivity contribution in [3.05, 3.63) is 17.0 Å². The topological polar surface area (TPSA) is 68.7 Å². The molecule has 0 amide bonds. The molecule has 0 aromatic carbocycles. The van der Waals surface area contributed by atoms with Crippen molar-refractivity contribution in [2.75, 3.05) is 36.9 Å². The third kappa shape index (κ3) is 1.85. The molecule has 1 saturated heterocycles. The van der Waals surface area contributed by atoms with Crippen LogP contribution in [0.15, 0.2) is 17.0 Å². The average Bonchev–Trinajstić information content (AvgIpc) is 2.73. The minimum absolute atomic E-state index is 0.494. The first-order valence-electron chi connectivity index (χ1n) is 5.37. The van der Waals surface area contributed by atoms with Gasteiger partial charge < -0.3 is 15.4 Å². The van der Waals surface area contributed by atoms with E-state index in [1.807, 2.05) is 4.40 Å². The van der Waals surface area contributed by atoms with Gasteiger partial charge in [0, 0.05) is 13.1 Å². The van der Waals surface area contributed by atoms with Gasteiger partial charge in [-0.1, -0.05) is 0 Å². The smallest absolute Gasteiger partial charge is 0.183 e. The molecule has 0 atom stereocenters. The monoisotopic (exact) mass is 297 g/mol. The zero-order valence-electron chi connectivity index (χ0n) is 9.14. The van der Waals surface area contributed by atoms with Crippen molar-refractivity contribution in [3.63, 3.8) is 0 Å². The molecule has 1 aliphatic rings. The van der Waals surface area contributed by atoms with Crippen LogP contribution in [0.4, 0.5) is 11.6 Å². The number of hydrogen-bond donors (Lipinski definition) is 1. The van der Waals surface area contributed by atoms with Crippen LogP contribution in [0.3, 0.4) is 0 Å². The average molecular weight is 298 g/mol. The molecule has 0 spiro atoms. The van der Waals surface area contributed by atoms with Gasteiger partial charge in [0.05, 0.1) is 25.6 Å². The number of nitrogens with zero attached hydrogens (tertiary/aromatic N) is 4. The van der Waals surface area contributed by atoms with Gasteiger partial charge >= 0.3 is 0 Å². The van der Waals surface area contributed by atoms with E-state index in [4.69, 9.17) is 10.5 Å². The Labute approximate surface area is 107 Å². The van der Waals surface area contributed by atoms with Crippen LogP contribution in [0.25, 0.3) is 5.65 Å². The van der Waals surface area contributed by atoms with Crippen molar-refractivity contribution < 1.29 is 4.74 Å². The molecule has 0 bridgehead atoms. The maximum Gasteiger partial charge on any atom is 0.183 e. The predicted octanol–water partition coefficient (Wildman–Crippen LogP) is 0.911. The summed E-state index contributed by atoms with van der Waals surface area (Å²) in [5.74, 6) is 1.35. The van der Waals surface area contributed by atoms with Crippen LogP contribution in [-0.4, -0.2) is 40.7 Å². The van der Waals surface area contributed by atoms with E-state index in [1.54, 1.807) is 12.4 Å². The number of rotatable bonds is 1. The summed E-state index contributed by atoms with van der Waals surface area (Å²) in [5, 5.41) is 0. The number of hydrogen-bond acceptors (Lipinski definition) is 5. The normalized spacial score (nSPS) is 16.6. The van der Waals surface area contributed by atoms with E-state index in [0.717, 1.165) is 42.4 Å². The molecule has 2 aromatic rings. The fourth-order valence-electron chi connectivity index (χ4n) is 1.95. The number of fused-ring (bicyclic) bond motifs is 1. The number of anilines is 2. The third-order valence-corrected chi connectivity index (χ3v) is 3.35. The van der Waals surface area contributed by atoms with Crippen LogP contribution in [0.1, 0.15) is 0 Å². The molecule has 0 aliphatic carbocycles. The SMILES string of the molecule is Nc1cn2c(Br)cnc(N3CCOCC3)c2n1. The van der Waals surface area contributed by atoms with Crippen LogP contribution < -0.4 is 10.6 Å². The molecule has 0 radical (unpaired) electrons. The van der Waals surface area contributed by atoms with E-state index in [9.17, 15) is 0 Å². The lowest BCUT2D eigenvalue weighted by Gasteiger charge is -2.27. The Hall–Kier alpha value is -1.34. The fraction of sp³-hybridized carbons (Fsp3) is 0.400. The standard InChI is InChI=1S/C10H12BrN5O/c11-7-5-13-9(15-1-3-17-4-2-15)10-14-8(12)6-16(7)10/h5-6H,1-4,12H2. The summed E-state index contributed by atoms with van der Waals surface area (Å²) >= 11 is 3.43. The summed E-state index contributed by atoms with van der Waals surface area (Å²) in [5.41, 5.74) is 6.51. The molecular weight excluding hydrogens is 286 g/mol. The Balaban J connectivity index is 2.12. The van der Waals surface area contributed by atoms with E-state index in [1.165, 1.54) is 0 Å². The molecule has 7 heteroatoms. The minimum Gasteiger partial charge on any atom is -0.382 e. The summed E-state index contributed by atoms with van der Waals surface area (Å²) in [7, 11) is 0. The van der Waals surface area contributed by atoms with Gasteiger partial charge in [-0.2, -0.15) is 0 Å². The molecule has 2 aromatic heterocycles. The van der Waals surface area contributed by atoms with E-state index >= 15 is 0 Å². The second kappa shape index (κ2) is 4.15.